The van der Waals surface area contributed by atoms with Gasteiger partial charge in [0.2, 0.25) is 0 Å². The summed E-state index contributed by atoms with van der Waals surface area (Å²) >= 11 is 12.5. The zero-order valence-electron chi connectivity index (χ0n) is 24.1. The quantitative estimate of drug-likeness (QED) is 0.174. The van der Waals surface area contributed by atoms with E-state index < -0.39 is 11.8 Å². The number of nitrogens with zero attached hydrogens (tertiary/aromatic N) is 3. The van der Waals surface area contributed by atoms with E-state index in [0.29, 0.717) is 28.1 Å². The van der Waals surface area contributed by atoms with Gasteiger partial charge in [-0.25, -0.2) is 14.2 Å². The van der Waals surface area contributed by atoms with E-state index >= 15 is 0 Å². The molecule has 5 nitrogen and oxygen atoms in total. The maximum absolute atomic E-state index is 14.9. The number of aromatic carboxylic acids is 1. The normalized spacial score (nSPS) is 16.2. The van der Waals surface area contributed by atoms with E-state index in [2.05, 4.69) is 51.9 Å². The Morgan fingerprint density at radius 1 is 0.864 bits per heavy atom. The summed E-state index contributed by atoms with van der Waals surface area (Å²) in [5.41, 5.74) is 5.79. The highest BCUT2D eigenvalue weighted by Gasteiger charge is 2.33. The average molecular weight is 629 g/mol. The number of hydrogen-bond acceptors (Lipinski definition) is 3. The van der Waals surface area contributed by atoms with Crippen molar-refractivity contribution in [3.05, 3.63) is 134 Å². The molecule has 0 radical (unpaired) electrons. The Morgan fingerprint density at radius 3 is 2.07 bits per heavy atom. The molecule has 5 aromatic rings. The summed E-state index contributed by atoms with van der Waals surface area (Å²) < 4.78 is 17.3. The molecular formula is C36H32Cl2FN3O2. The zero-order valence-corrected chi connectivity index (χ0v) is 25.6. The van der Waals surface area contributed by atoms with Crippen LogP contribution in [0.1, 0.15) is 82.0 Å². The molecule has 8 heteroatoms. The fraction of sp³-hybridized carbons (Fsp3) is 0.278. The molecule has 2 heterocycles. The number of carboxylic acids is 1. The van der Waals surface area contributed by atoms with Crippen molar-refractivity contribution >= 4 is 40.2 Å². The van der Waals surface area contributed by atoms with E-state index in [4.69, 9.17) is 28.2 Å². The van der Waals surface area contributed by atoms with Crippen molar-refractivity contribution in [3.8, 4) is 0 Å². The molecule has 0 atom stereocenters. The molecule has 0 spiro atoms. The van der Waals surface area contributed by atoms with Crippen molar-refractivity contribution in [2.75, 3.05) is 13.1 Å². The van der Waals surface area contributed by atoms with E-state index in [1.807, 2.05) is 24.3 Å². The van der Waals surface area contributed by atoms with Crippen LogP contribution in [0.15, 0.2) is 84.9 Å². The molecule has 0 unspecified atom stereocenters. The lowest BCUT2D eigenvalue weighted by Crippen LogP contribution is -2.35. The van der Waals surface area contributed by atoms with Crippen LogP contribution in [0.4, 0.5) is 4.39 Å². The van der Waals surface area contributed by atoms with Crippen molar-refractivity contribution in [1.29, 1.82) is 0 Å². The minimum Gasteiger partial charge on any atom is -0.478 e. The number of likely N-dealkylation sites (tertiary alicyclic amines) is 1. The van der Waals surface area contributed by atoms with Gasteiger partial charge in [-0.1, -0.05) is 65.7 Å². The van der Waals surface area contributed by atoms with Gasteiger partial charge in [-0.15, -0.1) is 0 Å². The van der Waals surface area contributed by atoms with Gasteiger partial charge in [-0.05, 0) is 84.8 Å². The Bertz CT molecular complexity index is 1780. The highest BCUT2D eigenvalue weighted by Crippen LogP contribution is 2.44. The van der Waals surface area contributed by atoms with Crippen LogP contribution in [0.2, 0.25) is 10.0 Å². The van der Waals surface area contributed by atoms with E-state index in [-0.39, 0.29) is 17.5 Å². The average Bonchev–Trinajstić information content (AvgIpc) is 3.81. The van der Waals surface area contributed by atoms with Crippen LogP contribution in [0.3, 0.4) is 0 Å². The van der Waals surface area contributed by atoms with Crippen molar-refractivity contribution in [3.63, 3.8) is 0 Å². The third kappa shape index (κ3) is 5.74. The van der Waals surface area contributed by atoms with Gasteiger partial charge < -0.3 is 9.67 Å². The third-order valence-electron chi connectivity index (χ3n) is 9.05. The maximum atomic E-state index is 14.9. The molecule has 1 aliphatic heterocycles. The SMILES string of the molecule is O=C(O)c1cccc(CN2CCC(n3c(C4CC4)nc4ccc(C(c5ccc(Cl)cc5)c5ccc(Cl)cc5)cc43)CC2)c1F. The van der Waals surface area contributed by atoms with Gasteiger partial charge in [0.15, 0.2) is 0 Å². The maximum Gasteiger partial charge on any atom is 0.338 e. The first-order valence-electron chi connectivity index (χ1n) is 15.1. The fourth-order valence-corrected chi connectivity index (χ4v) is 6.90. The predicted octanol–water partition coefficient (Wildman–Crippen LogP) is 9.08. The summed E-state index contributed by atoms with van der Waals surface area (Å²) in [5.74, 6) is -0.219. The molecule has 1 saturated heterocycles. The second-order valence-corrected chi connectivity index (χ2v) is 12.9. The topological polar surface area (TPSA) is 58.4 Å². The highest BCUT2D eigenvalue weighted by molar-refractivity contribution is 6.30. The van der Waals surface area contributed by atoms with Gasteiger partial charge in [0.25, 0.3) is 0 Å². The number of benzene rings is 4. The Hall–Kier alpha value is -3.71. The number of carbonyl (C=O) groups is 1. The first-order chi connectivity index (χ1) is 21.4. The van der Waals surface area contributed by atoms with Crippen molar-refractivity contribution in [1.82, 2.24) is 14.5 Å². The lowest BCUT2D eigenvalue weighted by atomic mass is 9.85. The summed E-state index contributed by atoms with van der Waals surface area (Å²) in [6.07, 6.45) is 4.14. The first kappa shape index (κ1) is 29.0. The van der Waals surface area contributed by atoms with Crippen LogP contribution in [-0.2, 0) is 6.54 Å². The number of imidazole rings is 1. The molecular weight excluding hydrogens is 596 g/mol. The first-order valence-corrected chi connectivity index (χ1v) is 15.9. The Labute approximate surface area is 265 Å². The van der Waals surface area contributed by atoms with E-state index in [0.717, 1.165) is 60.9 Å². The number of halogens is 3. The third-order valence-corrected chi connectivity index (χ3v) is 9.55. The van der Waals surface area contributed by atoms with Gasteiger partial charge in [-0.3, -0.25) is 4.90 Å². The van der Waals surface area contributed by atoms with E-state index in [1.54, 1.807) is 12.1 Å². The Morgan fingerprint density at radius 2 is 1.48 bits per heavy atom. The number of aromatic nitrogens is 2. The van der Waals surface area contributed by atoms with Gasteiger partial charge >= 0.3 is 5.97 Å². The van der Waals surface area contributed by atoms with Crippen molar-refractivity contribution in [2.45, 2.75) is 50.1 Å². The van der Waals surface area contributed by atoms with Gasteiger partial charge in [0, 0.05) is 53.1 Å². The lowest BCUT2D eigenvalue weighted by Gasteiger charge is -2.34. The Balaban J connectivity index is 1.21. The van der Waals surface area contributed by atoms with Crippen LogP contribution in [-0.4, -0.2) is 38.6 Å². The standard InChI is InChI=1S/C36H32Cl2FN3O2/c37-27-11-6-22(7-12-27)33(23-8-13-28(38)14-9-23)25-10-15-31-32(20-25)42(35(40-31)24-4-5-24)29-16-18-41(19-17-29)21-26-2-1-3-30(34(26)39)36(43)44/h1-3,6-15,20,24,29,33H,4-5,16-19,21H2,(H,43,44). The minimum atomic E-state index is -1.24. The molecule has 0 amide bonds. The zero-order chi connectivity index (χ0) is 30.4. The molecule has 2 fully saturated rings. The number of hydrogen-bond donors (Lipinski definition) is 1. The summed E-state index contributed by atoms with van der Waals surface area (Å²) in [4.78, 5) is 18.8. The van der Waals surface area contributed by atoms with Crippen LogP contribution in [0.5, 0.6) is 0 Å². The molecule has 4 aromatic carbocycles. The largest absolute Gasteiger partial charge is 0.478 e. The molecule has 1 aliphatic carbocycles. The minimum absolute atomic E-state index is 0.0000296. The second-order valence-electron chi connectivity index (χ2n) is 12.0. The van der Waals surface area contributed by atoms with Gasteiger partial charge in [0.05, 0.1) is 16.6 Å². The van der Waals surface area contributed by atoms with Crippen LogP contribution < -0.4 is 0 Å². The smallest absolute Gasteiger partial charge is 0.338 e. The van der Waals surface area contributed by atoms with Crippen LogP contribution in [0.25, 0.3) is 11.0 Å². The number of fused-ring (bicyclic) bond motifs is 1. The van der Waals surface area contributed by atoms with Crippen molar-refractivity contribution < 1.29 is 14.3 Å². The number of rotatable bonds is 8. The summed E-state index contributed by atoms with van der Waals surface area (Å²) in [5, 5.41) is 10.7. The summed E-state index contributed by atoms with van der Waals surface area (Å²) in [7, 11) is 0. The Kier molecular flexibility index (Phi) is 7.91. The molecule has 1 aromatic heterocycles. The summed E-state index contributed by atoms with van der Waals surface area (Å²) in [6, 6.07) is 27.6. The fourth-order valence-electron chi connectivity index (χ4n) is 6.65. The second kappa shape index (κ2) is 12.0. The van der Waals surface area contributed by atoms with Crippen molar-refractivity contribution in [2.24, 2.45) is 0 Å². The van der Waals surface area contributed by atoms with E-state index in [9.17, 15) is 14.3 Å². The monoisotopic (exact) mass is 627 g/mol. The number of carboxylic acid groups (broad SMARTS) is 1. The predicted molar refractivity (Wildman–Crippen MR) is 172 cm³/mol. The molecule has 44 heavy (non-hydrogen) atoms. The molecule has 1 saturated carbocycles. The highest BCUT2D eigenvalue weighted by atomic mass is 35.5. The molecule has 224 valence electrons. The molecule has 0 bridgehead atoms. The lowest BCUT2D eigenvalue weighted by molar-refractivity contribution is 0.0691. The molecule has 2 aliphatic rings. The number of piperidine rings is 1. The van der Waals surface area contributed by atoms with E-state index in [1.165, 1.54) is 17.5 Å². The van der Waals surface area contributed by atoms with Gasteiger partial charge in [-0.2, -0.15) is 0 Å². The van der Waals surface area contributed by atoms with Gasteiger partial charge in [0.1, 0.15) is 11.6 Å². The van der Waals surface area contributed by atoms with Crippen LogP contribution in [0, 0.1) is 5.82 Å². The van der Waals surface area contributed by atoms with Crippen LogP contribution >= 0.6 is 23.2 Å². The molecule has 7 rings (SSSR count). The summed E-state index contributed by atoms with van der Waals surface area (Å²) in [6.45, 7) is 1.99. The molecule has 1 N–H and O–H groups in total.